The minimum absolute atomic E-state index is 0. The standard InChI is InChI=1S/C19H38N6O2.HI/c1-20-19(22-8-10-23(2)17-6-4-5-7-17)25-13-11-24(12-14-25)16-18(26)21-9-15-27-3;/h17H,4-16H2,1-3H3,(H,20,22)(H,21,26);1H. The summed E-state index contributed by atoms with van der Waals surface area (Å²) >= 11 is 0. The van der Waals surface area contributed by atoms with Crippen molar-refractivity contribution >= 4 is 35.8 Å². The van der Waals surface area contributed by atoms with Gasteiger partial charge >= 0.3 is 0 Å². The molecule has 1 amide bonds. The average Bonchev–Trinajstić information content (AvgIpc) is 3.21. The van der Waals surface area contributed by atoms with Gasteiger partial charge in [0.05, 0.1) is 13.2 Å². The number of ether oxygens (including phenoxy) is 1. The second kappa shape index (κ2) is 14.4. The number of nitrogens with zero attached hydrogens (tertiary/aromatic N) is 4. The maximum Gasteiger partial charge on any atom is 0.234 e. The molecule has 28 heavy (non-hydrogen) atoms. The lowest BCUT2D eigenvalue weighted by Crippen LogP contribution is -2.54. The van der Waals surface area contributed by atoms with Crippen LogP contribution in [0.2, 0.25) is 0 Å². The van der Waals surface area contributed by atoms with E-state index in [2.05, 4.69) is 37.4 Å². The fraction of sp³-hybridized carbons (Fsp3) is 0.895. The first-order chi connectivity index (χ1) is 13.1. The highest BCUT2D eigenvalue weighted by atomic mass is 127. The highest BCUT2D eigenvalue weighted by Crippen LogP contribution is 2.21. The lowest BCUT2D eigenvalue weighted by molar-refractivity contribution is -0.122. The molecule has 0 atom stereocenters. The van der Waals surface area contributed by atoms with Gasteiger partial charge in [-0.1, -0.05) is 12.8 Å². The molecule has 9 heteroatoms. The molecule has 1 saturated heterocycles. The van der Waals surface area contributed by atoms with Crippen LogP contribution in [-0.4, -0.2) is 113 Å². The van der Waals surface area contributed by atoms with Gasteiger partial charge in [0.15, 0.2) is 5.96 Å². The van der Waals surface area contributed by atoms with Crippen LogP contribution < -0.4 is 10.6 Å². The van der Waals surface area contributed by atoms with Crippen LogP contribution in [0.15, 0.2) is 4.99 Å². The molecule has 2 fully saturated rings. The number of hydrogen-bond donors (Lipinski definition) is 2. The van der Waals surface area contributed by atoms with E-state index < -0.39 is 0 Å². The van der Waals surface area contributed by atoms with Gasteiger partial charge in [0.25, 0.3) is 0 Å². The van der Waals surface area contributed by atoms with E-state index >= 15 is 0 Å². The molecule has 1 saturated carbocycles. The van der Waals surface area contributed by atoms with Crippen LogP contribution >= 0.6 is 24.0 Å². The van der Waals surface area contributed by atoms with Gasteiger partial charge in [0.2, 0.25) is 5.91 Å². The molecule has 0 bridgehead atoms. The van der Waals surface area contributed by atoms with Gasteiger partial charge in [-0.05, 0) is 19.9 Å². The van der Waals surface area contributed by atoms with Crippen molar-refractivity contribution in [1.82, 2.24) is 25.3 Å². The number of likely N-dealkylation sites (N-methyl/N-ethyl adjacent to an activating group) is 1. The van der Waals surface area contributed by atoms with Crippen LogP contribution in [-0.2, 0) is 9.53 Å². The number of rotatable bonds is 9. The molecule has 2 aliphatic rings. The molecular weight excluding hydrogens is 471 g/mol. The zero-order valence-electron chi connectivity index (χ0n) is 17.8. The Morgan fingerprint density at radius 1 is 1.14 bits per heavy atom. The smallest absolute Gasteiger partial charge is 0.234 e. The molecule has 1 aliphatic heterocycles. The summed E-state index contributed by atoms with van der Waals surface area (Å²) in [5, 5.41) is 6.38. The van der Waals surface area contributed by atoms with Crippen LogP contribution in [0.4, 0.5) is 0 Å². The lowest BCUT2D eigenvalue weighted by Gasteiger charge is -2.36. The summed E-state index contributed by atoms with van der Waals surface area (Å²) < 4.78 is 4.95. The summed E-state index contributed by atoms with van der Waals surface area (Å²) in [5.74, 6) is 1.04. The maximum absolute atomic E-state index is 11.9. The third-order valence-corrected chi connectivity index (χ3v) is 5.57. The zero-order chi connectivity index (χ0) is 19.5. The Hall–Kier alpha value is -0.650. The van der Waals surface area contributed by atoms with Crippen LogP contribution in [0.1, 0.15) is 25.7 Å². The number of halogens is 1. The summed E-state index contributed by atoms with van der Waals surface area (Å²) in [6.07, 6.45) is 5.43. The minimum Gasteiger partial charge on any atom is -0.383 e. The Kier molecular flexibility index (Phi) is 13.0. The SMILES string of the molecule is CN=C(NCCN(C)C1CCCC1)N1CCN(CC(=O)NCCOC)CC1.I. The Morgan fingerprint density at radius 2 is 1.82 bits per heavy atom. The van der Waals surface area contributed by atoms with E-state index in [1.165, 1.54) is 25.7 Å². The zero-order valence-corrected chi connectivity index (χ0v) is 20.1. The van der Waals surface area contributed by atoms with Gasteiger partial charge < -0.3 is 25.2 Å². The Morgan fingerprint density at radius 3 is 2.43 bits per heavy atom. The third kappa shape index (κ3) is 8.79. The van der Waals surface area contributed by atoms with E-state index in [0.29, 0.717) is 19.7 Å². The summed E-state index contributed by atoms with van der Waals surface area (Å²) in [6, 6.07) is 0.757. The third-order valence-electron chi connectivity index (χ3n) is 5.57. The first kappa shape index (κ1) is 25.4. The minimum atomic E-state index is 0. The second-order valence-electron chi connectivity index (χ2n) is 7.50. The van der Waals surface area contributed by atoms with E-state index in [0.717, 1.165) is 51.3 Å². The van der Waals surface area contributed by atoms with Crippen LogP contribution in [0.3, 0.4) is 0 Å². The molecule has 2 rings (SSSR count). The molecule has 0 radical (unpaired) electrons. The summed E-state index contributed by atoms with van der Waals surface area (Å²) in [4.78, 5) is 23.3. The number of hydrogen-bond acceptors (Lipinski definition) is 5. The fourth-order valence-electron chi connectivity index (χ4n) is 3.87. The van der Waals surface area contributed by atoms with E-state index in [-0.39, 0.29) is 29.9 Å². The van der Waals surface area contributed by atoms with Crippen molar-refractivity contribution in [3.63, 3.8) is 0 Å². The summed E-state index contributed by atoms with van der Waals surface area (Å²) in [6.45, 7) is 7.08. The predicted octanol–water partition coefficient (Wildman–Crippen LogP) is 0.434. The highest BCUT2D eigenvalue weighted by Gasteiger charge is 2.22. The quantitative estimate of drug-likeness (QED) is 0.203. The molecular formula is C19H39IN6O2. The van der Waals surface area contributed by atoms with Gasteiger partial charge in [0, 0.05) is 66.0 Å². The van der Waals surface area contributed by atoms with Gasteiger partial charge in [-0.25, -0.2) is 0 Å². The molecule has 1 aliphatic carbocycles. The van der Waals surface area contributed by atoms with Crippen molar-refractivity contribution in [3.8, 4) is 0 Å². The van der Waals surface area contributed by atoms with Crippen molar-refractivity contribution < 1.29 is 9.53 Å². The Balaban J connectivity index is 0.00000392. The number of nitrogens with one attached hydrogen (secondary N) is 2. The van der Waals surface area contributed by atoms with E-state index in [9.17, 15) is 4.79 Å². The molecule has 0 aromatic rings. The maximum atomic E-state index is 11.9. The first-order valence-electron chi connectivity index (χ1n) is 10.3. The molecule has 0 unspecified atom stereocenters. The Bertz CT molecular complexity index is 465. The molecule has 8 nitrogen and oxygen atoms in total. The largest absolute Gasteiger partial charge is 0.383 e. The lowest BCUT2D eigenvalue weighted by atomic mass is 10.2. The average molecular weight is 510 g/mol. The van der Waals surface area contributed by atoms with Crippen molar-refractivity contribution in [3.05, 3.63) is 0 Å². The predicted molar refractivity (Wildman–Crippen MR) is 125 cm³/mol. The van der Waals surface area contributed by atoms with Crippen molar-refractivity contribution in [2.24, 2.45) is 4.99 Å². The molecule has 164 valence electrons. The number of carbonyl (C=O) groups excluding carboxylic acids is 1. The monoisotopic (exact) mass is 510 g/mol. The van der Waals surface area contributed by atoms with Crippen LogP contribution in [0.25, 0.3) is 0 Å². The van der Waals surface area contributed by atoms with Gasteiger partial charge in [-0.3, -0.25) is 14.7 Å². The van der Waals surface area contributed by atoms with Crippen LogP contribution in [0.5, 0.6) is 0 Å². The molecule has 2 N–H and O–H groups in total. The number of carbonyl (C=O) groups is 1. The molecule has 0 aromatic heterocycles. The van der Waals surface area contributed by atoms with Crippen LogP contribution in [0, 0.1) is 0 Å². The number of guanidine groups is 1. The topological polar surface area (TPSA) is 72.4 Å². The van der Waals surface area contributed by atoms with Gasteiger partial charge in [0.1, 0.15) is 0 Å². The fourth-order valence-corrected chi connectivity index (χ4v) is 3.87. The van der Waals surface area contributed by atoms with Crippen molar-refractivity contribution in [2.75, 3.05) is 80.2 Å². The summed E-state index contributed by atoms with van der Waals surface area (Å²) in [7, 11) is 5.72. The molecule has 1 heterocycles. The number of aliphatic imine (C=N–C) groups is 1. The van der Waals surface area contributed by atoms with Crippen molar-refractivity contribution in [1.29, 1.82) is 0 Å². The Labute approximate surface area is 187 Å². The summed E-state index contributed by atoms with van der Waals surface area (Å²) in [5.41, 5.74) is 0. The van der Waals surface area contributed by atoms with E-state index in [1.54, 1.807) is 7.11 Å². The number of methoxy groups -OCH3 is 1. The molecule has 0 spiro atoms. The highest BCUT2D eigenvalue weighted by molar-refractivity contribution is 14.0. The number of amides is 1. The van der Waals surface area contributed by atoms with E-state index in [1.807, 2.05) is 7.05 Å². The molecule has 0 aromatic carbocycles. The van der Waals surface area contributed by atoms with E-state index in [4.69, 9.17) is 4.74 Å². The first-order valence-corrected chi connectivity index (χ1v) is 10.3. The number of piperazine rings is 1. The second-order valence-corrected chi connectivity index (χ2v) is 7.50. The van der Waals surface area contributed by atoms with Crippen molar-refractivity contribution in [2.45, 2.75) is 31.7 Å². The van der Waals surface area contributed by atoms with Gasteiger partial charge in [-0.2, -0.15) is 0 Å². The normalized spacial score (nSPS) is 19.0. The van der Waals surface area contributed by atoms with Gasteiger partial charge in [-0.15, -0.1) is 24.0 Å².